The lowest BCUT2D eigenvalue weighted by Crippen LogP contribution is -2.07. The number of hydrogen-bond acceptors (Lipinski definition) is 5. The van der Waals surface area contributed by atoms with Crippen LogP contribution in [0.4, 0.5) is 0 Å². The van der Waals surface area contributed by atoms with Crippen molar-refractivity contribution in [3.63, 3.8) is 0 Å². The summed E-state index contributed by atoms with van der Waals surface area (Å²) >= 11 is 0. The van der Waals surface area contributed by atoms with Gasteiger partial charge in [-0.1, -0.05) is 4.85 Å². The fourth-order valence-electron chi connectivity index (χ4n) is 0.788. The molecule has 0 unspecified atom stereocenters. The smallest absolute Gasteiger partial charge is 0.222 e. The summed E-state index contributed by atoms with van der Waals surface area (Å²) in [5.74, 6) is 0. The molecule has 0 saturated carbocycles. The quantitative estimate of drug-likeness (QED) is 0.538. The second-order valence-corrected chi connectivity index (χ2v) is 1.88. The molecule has 0 aliphatic rings. The molecule has 2 aromatic rings. The third-order valence-corrected chi connectivity index (χ3v) is 1.26. The third kappa shape index (κ3) is 0.794. The fraction of sp³-hybridized carbons (Fsp3) is 0.200. The highest BCUT2D eigenvalue weighted by Crippen LogP contribution is 2.01. The second kappa shape index (κ2) is 2.15. The van der Waals surface area contributed by atoms with Gasteiger partial charge in [0.1, 0.15) is 13.4 Å². The Bertz CT molecular complexity index is 370. The van der Waals surface area contributed by atoms with E-state index in [4.69, 9.17) is 4.84 Å². The molecule has 0 saturated heterocycles. The molecule has 0 fully saturated rings. The Kier molecular flexibility index (Phi) is 1.18. The second-order valence-electron chi connectivity index (χ2n) is 1.88. The van der Waals surface area contributed by atoms with Crippen LogP contribution in [0.1, 0.15) is 0 Å². The van der Waals surface area contributed by atoms with Crippen molar-refractivity contribution < 1.29 is 4.84 Å². The van der Waals surface area contributed by atoms with Crippen LogP contribution in [0.15, 0.2) is 12.5 Å². The lowest BCUT2D eigenvalue weighted by atomic mass is 10.6. The van der Waals surface area contributed by atoms with E-state index in [9.17, 15) is 0 Å². The van der Waals surface area contributed by atoms with E-state index in [2.05, 4.69) is 20.3 Å². The van der Waals surface area contributed by atoms with Crippen LogP contribution in [0.5, 0.6) is 0 Å². The molecule has 0 aromatic carbocycles. The molecule has 2 rings (SSSR count). The van der Waals surface area contributed by atoms with E-state index in [1.807, 2.05) is 0 Å². The lowest BCUT2D eigenvalue weighted by Gasteiger charge is -1.93. The standard InChI is InChI=1S/C5H5N5O/c1-11-10-5-4(8-9-10)2-6-3-7-5/h2-3H,1H3. The van der Waals surface area contributed by atoms with Gasteiger partial charge in [0.05, 0.1) is 6.20 Å². The zero-order valence-electron chi connectivity index (χ0n) is 5.80. The van der Waals surface area contributed by atoms with Gasteiger partial charge >= 0.3 is 0 Å². The Morgan fingerprint density at radius 1 is 1.55 bits per heavy atom. The van der Waals surface area contributed by atoms with Crippen LogP contribution in [-0.4, -0.2) is 32.2 Å². The van der Waals surface area contributed by atoms with Gasteiger partial charge in [0.2, 0.25) is 5.65 Å². The number of rotatable bonds is 1. The van der Waals surface area contributed by atoms with Gasteiger partial charge in [-0.05, 0) is 5.21 Å². The first-order valence-corrected chi connectivity index (χ1v) is 2.97. The van der Waals surface area contributed by atoms with Crippen LogP contribution in [0.2, 0.25) is 0 Å². The van der Waals surface area contributed by atoms with E-state index in [1.165, 1.54) is 18.3 Å². The summed E-state index contributed by atoms with van der Waals surface area (Å²) in [6.45, 7) is 0. The molecule has 6 nitrogen and oxygen atoms in total. The van der Waals surface area contributed by atoms with Gasteiger partial charge < -0.3 is 4.84 Å². The molecule has 0 amide bonds. The maximum Gasteiger partial charge on any atom is 0.222 e. The predicted octanol–water partition coefficient (Wildman–Crippen LogP) is -0.720. The molecule has 2 aromatic heterocycles. The monoisotopic (exact) mass is 151 g/mol. The van der Waals surface area contributed by atoms with Gasteiger partial charge in [-0.3, -0.25) is 0 Å². The minimum Gasteiger partial charge on any atom is -0.397 e. The molecule has 0 bridgehead atoms. The molecule has 6 heteroatoms. The maximum atomic E-state index is 4.82. The van der Waals surface area contributed by atoms with Gasteiger partial charge in [-0.15, -0.1) is 5.10 Å². The number of aromatic nitrogens is 5. The fourth-order valence-corrected chi connectivity index (χ4v) is 0.788. The highest BCUT2D eigenvalue weighted by Gasteiger charge is 2.03. The molecule has 2 heterocycles. The number of nitrogens with zero attached hydrogens (tertiary/aromatic N) is 5. The average Bonchev–Trinajstić information content (AvgIpc) is 2.47. The molecule has 0 N–H and O–H groups in total. The Hall–Kier alpha value is -1.72. The first-order valence-electron chi connectivity index (χ1n) is 2.97. The molecule has 0 spiro atoms. The summed E-state index contributed by atoms with van der Waals surface area (Å²) in [6, 6.07) is 0. The zero-order valence-corrected chi connectivity index (χ0v) is 5.80. The van der Waals surface area contributed by atoms with E-state index in [0.717, 1.165) is 0 Å². The van der Waals surface area contributed by atoms with Crippen LogP contribution in [0.3, 0.4) is 0 Å². The Balaban J connectivity index is 2.76. The molecule has 0 atom stereocenters. The predicted molar refractivity (Wildman–Crippen MR) is 35.6 cm³/mol. The Morgan fingerprint density at radius 3 is 3.27 bits per heavy atom. The van der Waals surface area contributed by atoms with Crippen molar-refractivity contribution >= 4 is 11.2 Å². The Morgan fingerprint density at radius 2 is 2.45 bits per heavy atom. The first-order chi connectivity index (χ1) is 5.42. The maximum absolute atomic E-state index is 4.82. The highest BCUT2D eigenvalue weighted by molar-refractivity contribution is 5.66. The number of hydrogen-bond donors (Lipinski definition) is 0. The van der Waals surface area contributed by atoms with E-state index in [-0.39, 0.29) is 0 Å². The van der Waals surface area contributed by atoms with Crippen molar-refractivity contribution in [2.75, 3.05) is 7.11 Å². The van der Waals surface area contributed by atoms with Gasteiger partial charge in [-0.2, -0.15) is 0 Å². The zero-order chi connectivity index (χ0) is 7.68. The molecule has 0 aliphatic heterocycles. The van der Waals surface area contributed by atoms with E-state index < -0.39 is 0 Å². The summed E-state index contributed by atoms with van der Waals surface area (Å²) < 4.78 is 0. The molecular formula is C5H5N5O. The highest BCUT2D eigenvalue weighted by atomic mass is 16.7. The number of fused-ring (bicyclic) bond motifs is 1. The topological polar surface area (TPSA) is 65.7 Å². The van der Waals surface area contributed by atoms with Gasteiger partial charge in [0.25, 0.3) is 0 Å². The summed E-state index contributed by atoms with van der Waals surface area (Å²) in [5.41, 5.74) is 1.19. The summed E-state index contributed by atoms with van der Waals surface area (Å²) in [4.78, 5) is 13.7. The lowest BCUT2D eigenvalue weighted by molar-refractivity contribution is 0.138. The largest absolute Gasteiger partial charge is 0.397 e. The van der Waals surface area contributed by atoms with Gasteiger partial charge in [0.15, 0.2) is 5.52 Å². The van der Waals surface area contributed by atoms with Crippen molar-refractivity contribution in [3.8, 4) is 0 Å². The normalized spacial score (nSPS) is 10.3. The van der Waals surface area contributed by atoms with Crippen LogP contribution in [-0.2, 0) is 0 Å². The van der Waals surface area contributed by atoms with E-state index >= 15 is 0 Å². The van der Waals surface area contributed by atoms with E-state index in [0.29, 0.717) is 11.2 Å². The van der Waals surface area contributed by atoms with Crippen LogP contribution < -0.4 is 4.84 Å². The molecule has 56 valence electrons. The van der Waals surface area contributed by atoms with E-state index in [1.54, 1.807) is 6.20 Å². The van der Waals surface area contributed by atoms with Crippen molar-refractivity contribution in [2.24, 2.45) is 0 Å². The molecule has 11 heavy (non-hydrogen) atoms. The summed E-state index contributed by atoms with van der Waals surface area (Å²) in [5, 5.41) is 7.41. The summed E-state index contributed by atoms with van der Waals surface area (Å²) in [6.07, 6.45) is 2.99. The minimum atomic E-state index is 0.572. The Labute approximate surface area is 61.8 Å². The average molecular weight is 151 g/mol. The summed E-state index contributed by atoms with van der Waals surface area (Å²) in [7, 11) is 1.50. The van der Waals surface area contributed by atoms with Crippen LogP contribution in [0, 0.1) is 0 Å². The van der Waals surface area contributed by atoms with Crippen LogP contribution in [0.25, 0.3) is 11.2 Å². The molecule has 0 aliphatic carbocycles. The van der Waals surface area contributed by atoms with Crippen LogP contribution >= 0.6 is 0 Å². The first kappa shape index (κ1) is 6.02. The van der Waals surface area contributed by atoms with Crippen molar-refractivity contribution in [2.45, 2.75) is 0 Å². The van der Waals surface area contributed by atoms with Gasteiger partial charge in [-0.25, -0.2) is 9.97 Å². The SMILES string of the molecule is COn1nnc2cncnc21. The van der Waals surface area contributed by atoms with Crippen molar-refractivity contribution in [3.05, 3.63) is 12.5 Å². The van der Waals surface area contributed by atoms with Crippen molar-refractivity contribution in [1.29, 1.82) is 0 Å². The molecule has 0 radical (unpaired) electrons. The third-order valence-electron chi connectivity index (χ3n) is 1.26. The van der Waals surface area contributed by atoms with Crippen molar-refractivity contribution in [1.82, 2.24) is 25.1 Å². The molecular weight excluding hydrogens is 146 g/mol. The van der Waals surface area contributed by atoms with Gasteiger partial charge in [0, 0.05) is 0 Å². The minimum absolute atomic E-state index is 0.572.